The highest BCUT2D eigenvalue weighted by atomic mass is 32.2. The van der Waals surface area contributed by atoms with Crippen molar-refractivity contribution in [2.75, 3.05) is 5.75 Å². The smallest absolute Gasteiger partial charge is 0.276 e. The summed E-state index contributed by atoms with van der Waals surface area (Å²) in [6, 6.07) is 13.3. The Bertz CT molecular complexity index is 879. The van der Waals surface area contributed by atoms with Crippen molar-refractivity contribution < 1.29 is 18.3 Å². The van der Waals surface area contributed by atoms with Gasteiger partial charge in [-0.25, -0.2) is 4.39 Å². The predicted molar refractivity (Wildman–Crippen MR) is 100 cm³/mol. The van der Waals surface area contributed by atoms with Crippen LogP contribution in [0.4, 0.5) is 4.39 Å². The van der Waals surface area contributed by atoms with Crippen LogP contribution in [0.5, 0.6) is 5.75 Å². The Morgan fingerprint density at radius 2 is 1.85 bits per heavy atom. The van der Waals surface area contributed by atoms with E-state index in [1.54, 1.807) is 0 Å². The van der Waals surface area contributed by atoms with Crippen molar-refractivity contribution in [3.8, 4) is 5.75 Å². The topological polar surface area (TPSA) is 65.2 Å². The Morgan fingerprint density at radius 1 is 1.11 bits per heavy atom. The monoisotopic (exact) mass is 386 g/mol. The van der Waals surface area contributed by atoms with Gasteiger partial charge in [0.1, 0.15) is 11.6 Å². The lowest BCUT2D eigenvalue weighted by Crippen LogP contribution is -1.99. The highest BCUT2D eigenvalue weighted by Crippen LogP contribution is 2.20. The number of aryl methyl sites for hydroxylation is 1. The molecule has 0 fully saturated rings. The lowest BCUT2D eigenvalue weighted by atomic mass is 10.1. The highest BCUT2D eigenvalue weighted by molar-refractivity contribution is 7.99. The number of Topliss-reactive ketones (excluding diaryl/α,β-unsaturated/α-hetero) is 1. The van der Waals surface area contributed by atoms with E-state index < -0.39 is 0 Å². The number of hydrogen-bond donors (Lipinski definition) is 0. The van der Waals surface area contributed by atoms with Crippen molar-refractivity contribution in [2.45, 2.75) is 31.6 Å². The molecule has 27 heavy (non-hydrogen) atoms. The molecule has 3 rings (SSSR count). The second kappa shape index (κ2) is 9.32. The predicted octanol–water partition coefficient (Wildman–Crippen LogP) is 4.85. The first-order valence-electron chi connectivity index (χ1n) is 8.53. The molecular formula is C20H19FN2O3S. The zero-order chi connectivity index (χ0) is 19.1. The molecule has 0 saturated carbocycles. The van der Waals surface area contributed by atoms with Gasteiger partial charge in [-0.1, -0.05) is 29.5 Å². The van der Waals surface area contributed by atoms with Gasteiger partial charge in [-0.05, 0) is 49.7 Å². The van der Waals surface area contributed by atoms with E-state index in [1.807, 2.05) is 31.2 Å². The van der Waals surface area contributed by atoms with Crippen molar-refractivity contribution in [1.29, 1.82) is 0 Å². The maximum Gasteiger partial charge on any atom is 0.276 e. The first-order valence-corrected chi connectivity index (χ1v) is 9.52. The molecule has 0 radical (unpaired) electrons. The summed E-state index contributed by atoms with van der Waals surface area (Å²) in [4.78, 5) is 12.0. The van der Waals surface area contributed by atoms with E-state index in [2.05, 4.69) is 10.2 Å². The summed E-state index contributed by atoms with van der Waals surface area (Å²) in [6.45, 7) is 2.22. The molecular weight excluding hydrogens is 367 g/mol. The molecule has 140 valence electrons. The van der Waals surface area contributed by atoms with E-state index in [4.69, 9.17) is 9.15 Å². The fraction of sp³-hybridized carbons (Fsp3) is 0.250. The SMILES string of the molecule is Cc1ccc(OCc2nnc(SCCCC(=O)c3ccc(F)cc3)o2)cc1. The molecule has 0 aliphatic heterocycles. The molecule has 0 saturated heterocycles. The van der Waals surface area contributed by atoms with E-state index in [0.717, 1.165) is 11.3 Å². The van der Waals surface area contributed by atoms with Crippen LogP contribution in [0.25, 0.3) is 0 Å². The van der Waals surface area contributed by atoms with E-state index >= 15 is 0 Å². The molecule has 0 aliphatic rings. The zero-order valence-electron chi connectivity index (χ0n) is 14.9. The fourth-order valence-corrected chi connectivity index (χ4v) is 3.02. The van der Waals surface area contributed by atoms with Gasteiger partial charge in [0.05, 0.1) is 0 Å². The Balaban J connectivity index is 1.38. The van der Waals surface area contributed by atoms with Crippen LogP contribution in [0.15, 0.2) is 58.2 Å². The summed E-state index contributed by atoms with van der Waals surface area (Å²) in [5.74, 6) is 1.47. The van der Waals surface area contributed by atoms with Crippen LogP contribution < -0.4 is 4.74 Å². The van der Waals surface area contributed by atoms with Gasteiger partial charge < -0.3 is 9.15 Å². The molecule has 3 aromatic rings. The number of carbonyl (C=O) groups excluding carboxylic acids is 1. The number of halogens is 1. The van der Waals surface area contributed by atoms with Crippen molar-refractivity contribution in [2.24, 2.45) is 0 Å². The van der Waals surface area contributed by atoms with Gasteiger partial charge in [0.25, 0.3) is 11.1 Å². The van der Waals surface area contributed by atoms with Crippen molar-refractivity contribution >= 4 is 17.5 Å². The van der Waals surface area contributed by atoms with Crippen LogP contribution in [-0.4, -0.2) is 21.7 Å². The number of ether oxygens (including phenoxy) is 1. The highest BCUT2D eigenvalue weighted by Gasteiger charge is 2.09. The van der Waals surface area contributed by atoms with Crippen LogP contribution in [0.2, 0.25) is 0 Å². The Morgan fingerprint density at radius 3 is 2.59 bits per heavy atom. The molecule has 1 heterocycles. The van der Waals surface area contributed by atoms with Gasteiger partial charge >= 0.3 is 0 Å². The van der Waals surface area contributed by atoms with Crippen molar-refractivity contribution in [3.63, 3.8) is 0 Å². The lowest BCUT2D eigenvalue weighted by molar-refractivity contribution is 0.0982. The molecule has 0 aliphatic carbocycles. The average molecular weight is 386 g/mol. The quantitative estimate of drug-likeness (QED) is 0.297. The maximum atomic E-state index is 12.9. The van der Waals surface area contributed by atoms with Crippen LogP contribution >= 0.6 is 11.8 Å². The van der Waals surface area contributed by atoms with E-state index in [9.17, 15) is 9.18 Å². The number of thioether (sulfide) groups is 1. The summed E-state index contributed by atoms with van der Waals surface area (Å²) in [5, 5.41) is 8.37. The summed E-state index contributed by atoms with van der Waals surface area (Å²) in [5.41, 5.74) is 1.69. The van der Waals surface area contributed by atoms with Gasteiger partial charge in [0.2, 0.25) is 0 Å². The van der Waals surface area contributed by atoms with Gasteiger partial charge in [0.15, 0.2) is 12.4 Å². The summed E-state index contributed by atoms with van der Waals surface area (Å²) < 4.78 is 24.0. The Hall–Kier alpha value is -2.67. The summed E-state index contributed by atoms with van der Waals surface area (Å²) in [7, 11) is 0. The summed E-state index contributed by atoms with van der Waals surface area (Å²) >= 11 is 1.40. The van der Waals surface area contributed by atoms with Crippen LogP contribution in [0.1, 0.15) is 34.7 Å². The molecule has 7 heteroatoms. The minimum atomic E-state index is -0.347. The number of carbonyl (C=O) groups is 1. The molecule has 5 nitrogen and oxygen atoms in total. The fourth-order valence-electron chi connectivity index (χ4n) is 2.31. The Kier molecular flexibility index (Phi) is 6.59. The van der Waals surface area contributed by atoms with Crippen LogP contribution in [0.3, 0.4) is 0 Å². The number of rotatable bonds is 9. The molecule has 0 unspecified atom stereocenters. The lowest BCUT2D eigenvalue weighted by Gasteiger charge is -2.03. The maximum absolute atomic E-state index is 12.9. The molecule has 0 N–H and O–H groups in total. The van der Waals surface area contributed by atoms with Gasteiger partial charge in [-0.3, -0.25) is 4.79 Å². The summed E-state index contributed by atoms with van der Waals surface area (Å²) in [6.07, 6.45) is 1.05. The molecule has 0 amide bonds. The second-order valence-corrected chi connectivity index (χ2v) is 6.99. The van der Waals surface area contributed by atoms with Crippen LogP contribution in [-0.2, 0) is 6.61 Å². The van der Waals surface area contributed by atoms with Crippen molar-refractivity contribution in [1.82, 2.24) is 10.2 Å². The zero-order valence-corrected chi connectivity index (χ0v) is 15.7. The van der Waals surface area contributed by atoms with Gasteiger partial charge in [-0.15, -0.1) is 10.2 Å². The number of benzene rings is 2. The van der Waals surface area contributed by atoms with Gasteiger partial charge in [0, 0.05) is 17.7 Å². The molecule has 2 aromatic carbocycles. The Labute approximate surface area is 161 Å². The van der Waals surface area contributed by atoms with E-state index in [0.29, 0.717) is 35.3 Å². The number of nitrogens with zero attached hydrogens (tertiary/aromatic N) is 2. The standard InChI is InChI=1S/C20H19FN2O3S/c1-14-4-10-17(11-5-14)25-13-19-22-23-20(26-19)27-12-2-3-18(24)15-6-8-16(21)9-7-15/h4-11H,2-3,12-13H2,1H3. The van der Waals surface area contributed by atoms with E-state index in [-0.39, 0.29) is 18.2 Å². The average Bonchev–Trinajstić information content (AvgIpc) is 3.13. The minimum absolute atomic E-state index is 0.00619. The van der Waals surface area contributed by atoms with E-state index in [1.165, 1.54) is 36.0 Å². The third kappa shape index (κ3) is 5.92. The third-order valence-corrected chi connectivity index (χ3v) is 4.68. The minimum Gasteiger partial charge on any atom is -0.484 e. The molecule has 0 atom stereocenters. The number of hydrogen-bond acceptors (Lipinski definition) is 6. The third-order valence-electron chi connectivity index (χ3n) is 3.77. The number of aromatic nitrogens is 2. The molecule has 0 spiro atoms. The first-order chi connectivity index (χ1) is 13.1. The van der Waals surface area contributed by atoms with Crippen LogP contribution in [0, 0.1) is 12.7 Å². The normalized spacial score (nSPS) is 10.7. The molecule has 1 aromatic heterocycles. The number of ketones is 1. The second-order valence-electron chi connectivity index (χ2n) is 5.95. The first kappa shape index (κ1) is 19.1. The molecule has 0 bridgehead atoms. The van der Waals surface area contributed by atoms with Gasteiger partial charge in [-0.2, -0.15) is 0 Å². The largest absolute Gasteiger partial charge is 0.484 e. The van der Waals surface area contributed by atoms with Crippen molar-refractivity contribution in [3.05, 3.63) is 71.4 Å².